The fourth-order valence-electron chi connectivity index (χ4n) is 2.92. The quantitative estimate of drug-likeness (QED) is 0.716. The Hall–Kier alpha value is -1.10. The zero-order valence-electron chi connectivity index (χ0n) is 13.9. The van der Waals surface area contributed by atoms with Crippen LogP contribution in [0.3, 0.4) is 0 Å². The van der Waals surface area contributed by atoms with E-state index in [9.17, 15) is 4.79 Å². The van der Waals surface area contributed by atoms with Crippen LogP contribution in [0, 0.1) is 0 Å². The van der Waals surface area contributed by atoms with Crippen molar-refractivity contribution in [2.75, 3.05) is 26.2 Å². The highest BCUT2D eigenvalue weighted by atomic mass is 35.5. The van der Waals surface area contributed by atoms with Gasteiger partial charge in [0.05, 0.1) is 0 Å². The summed E-state index contributed by atoms with van der Waals surface area (Å²) in [4.78, 5) is 14.5. The van der Waals surface area contributed by atoms with Crippen molar-refractivity contribution in [3.63, 3.8) is 0 Å². The molecule has 0 bridgehead atoms. The second-order valence-corrected chi connectivity index (χ2v) is 6.12. The van der Waals surface area contributed by atoms with Gasteiger partial charge in [-0.3, -0.25) is 4.79 Å². The Balaban J connectivity index is 0.00000264. The van der Waals surface area contributed by atoms with Crippen LogP contribution in [0.1, 0.15) is 54.4 Å². The predicted octanol–water partition coefficient (Wildman–Crippen LogP) is 2.95. The minimum absolute atomic E-state index is 0. The van der Waals surface area contributed by atoms with E-state index >= 15 is 0 Å². The lowest BCUT2D eigenvalue weighted by Gasteiger charge is -2.26. The van der Waals surface area contributed by atoms with Crippen LogP contribution >= 0.6 is 12.4 Å². The van der Waals surface area contributed by atoms with E-state index in [1.807, 2.05) is 24.3 Å². The van der Waals surface area contributed by atoms with Crippen molar-refractivity contribution in [3.8, 4) is 0 Å². The van der Waals surface area contributed by atoms with Crippen LogP contribution in [0.2, 0.25) is 0 Å². The number of piperidine rings is 1. The molecule has 2 rings (SSSR count). The fraction of sp³-hybridized carbons (Fsp3) is 0.611. The Bertz CT molecular complexity index is 444. The summed E-state index contributed by atoms with van der Waals surface area (Å²) < 4.78 is 0. The maximum Gasteiger partial charge on any atom is 0.251 e. The molecule has 0 aromatic heterocycles. The van der Waals surface area contributed by atoms with E-state index in [2.05, 4.69) is 10.2 Å². The fourth-order valence-corrected chi connectivity index (χ4v) is 2.92. The molecule has 23 heavy (non-hydrogen) atoms. The first kappa shape index (κ1) is 19.9. The lowest BCUT2D eigenvalue weighted by Crippen LogP contribution is -2.30. The molecule has 0 unspecified atom stereocenters. The minimum atomic E-state index is 0. The first-order valence-electron chi connectivity index (χ1n) is 8.59. The number of nitrogens with one attached hydrogen (secondary N) is 1. The van der Waals surface area contributed by atoms with Gasteiger partial charge in [-0.25, -0.2) is 0 Å². The zero-order valence-corrected chi connectivity index (χ0v) is 14.7. The number of halogens is 1. The average molecular weight is 340 g/mol. The van der Waals surface area contributed by atoms with Gasteiger partial charge in [0.25, 0.3) is 5.91 Å². The molecule has 1 saturated heterocycles. The SMILES string of the molecule is Cl.NCc1ccc(C(=O)NCCCCCN2CCCCC2)cc1. The number of nitrogens with two attached hydrogens (primary N) is 1. The van der Waals surface area contributed by atoms with Gasteiger partial charge in [0.15, 0.2) is 0 Å². The van der Waals surface area contributed by atoms with Crippen molar-refractivity contribution in [2.45, 2.75) is 45.1 Å². The second-order valence-electron chi connectivity index (χ2n) is 6.12. The van der Waals surface area contributed by atoms with Gasteiger partial charge >= 0.3 is 0 Å². The molecule has 0 radical (unpaired) electrons. The molecule has 0 aliphatic carbocycles. The molecular weight excluding hydrogens is 310 g/mol. The van der Waals surface area contributed by atoms with Crippen molar-refractivity contribution < 1.29 is 4.79 Å². The summed E-state index contributed by atoms with van der Waals surface area (Å²) in [6, 6.07) is 7.50. The van der Waals surface area contributed by atoms with Crippen LogP contribution in [0.15, 0.2) is 24.3 Å². The second kappa shape index (κ2) is 11.4. The third-order valence-electron chi connectivity index (χ3n) is 4.34. The number of hydrogen-bond acceptors (Lipinski definition) is 3. The Morgan fingerprint density at radius 2 is 1.74 bits per heavy atom. The van der Waals surface area contributed by atoms with Gasteiger partial charge in [-0.1, -0.05) is 25.0 Å². The van der Waals surface area contributed by atoms with Crippen LogP contribution < -0.4 is 11.1 Å². The first-order chi connectivity index (χ1) is 10.8. The topological polar surface area (TPSA) is 58.4 Å². The number of carbonyl (C=O) groups excluding carboxylic acids is 1. The van der Waals surface area contributed by atoms with Crippen LogP contribution in [-0.2, 0) is 6.54 Å². The van der Waals surface area contributed by atoms with E-state index in [0.717, 1.165) is 18.5 Å². The van der Waals surface area contributed by atoms with Gasteiger partial charge in [-0.15, -0.1) is 12.4 Å². The van der Waals surface area contributed by atoms with E-state index in [1.165, 1.54) is 51.7 Å². The van der Waals surface area contributed by atoms with Crippen molar-refractivity contribution in [1.29, 1.82) is 0 Å². The molecule has 0 atom stereocenters. The van der Waals surface area contributed by atoms with Crippen LogP contribution in [0.25, 0.3) is 0 Å². The molecular formula is C18H30ClN3O. The number of likely N-dealkylation sites (tertiary alicyclic amines) is 1. The summed E-state index contributed by atoms with van der Waals surface area (Å²) in [7, 11) is 0. The van der Waals surface area contributed by atoms with Gasteiger partial charge in [0, 0.05) is 18.7 Å². The summed E-state index contributed by atoms with van der Waals surface area (Å²) in [5.74, 6) is 0.0135. The van der Waals surface area contributed by atoms with Crippen LogP contribution in [0.5, 0.6) is 0 Å². The zero-order chi connectivity index (χ0) is 15.6. The van der Waals surface area contributed by atoms with Crippen LogP contribution in [-0.4, -0.2) is 37.0 Å². The van der Waals surface area contributed by atoms with Crippen molar-refractivity contribution in [2.24, 2.45) is 5.73 Å². The largest absolute Gasteiger partial charge is 0.352 e. The Kier molecular flexibility index (Phi) is 9.92. The van der Waals surface area contributed by atoms with Gasteiger partial charge < -0.3 is 16.0 Å². The smallest absolute Gasteiger partial charge is 0.251 e. The van der Waals surface area contributed by atoms with E-state index in [-0.39, 0.29) is 18.3 Å². The number of benzene rings is 1. The molecule has 1 aromatic carbocycles. The average Bonchev–Trinajstić information content (AvgIpc) is 2.58. The number of rotatable bonds is 8. The van der Waals surface area contributed by atoms with Crippen molar-refractivity contribution in [3.05, 3.63) is 35.4 Å². The molecule has 5 heteroatoms. The van der Waals surface area contributed by atoms with E-state index in [4.69, 9.17) is 5.73 Å². The molecule has 4 nitrogen and oxygen atoms in total. The number of carbonyl (C=O) groups is 1. The first-order valence-corrected chi connectivity index (χ1v) is 8.59. The standard InChI is InChI=1S/C18H29N3O.ClH/c19-15-16-7-9-17(10-8-16)18(22)20-11-3-1-4-12-21-13-5-2-6-14-21;/h7-10H,1-6,11-15,19H2,(H,20,22);1H. The maximum absolute atomic E-state index is 12.0. The minimum Gasteiger partial charge on any atom is -0.352 e. The third-order valence-corrected chi connectivity index (χ3v) is 4.34. The van der Waals surface area contributed by atoms with Gasteiger partial charge in [-0.05, 0) is 63.0 Å². The number of hydrogen-bond donors (Lipinski definition) is 2. The van der Waals surface area contributed by atoms with E-state index < -0.39 is 0 Å². The highest BCUT2D eigenvalue weighted by Crippen LogP contribution is 2.10. The van der Waals surface area contributed by atoms with Gasteiger partial charge in [-0.2, -0.15) is 0 Å². The molecule has 3 N–H and O–H groups in total. The lowest BCUT2D eigenvalue weighted by atomic mass is 10.1. The molecule has 1 aromatic rings. The molecule has 1 aliphatic rings. The van der Waals surface area contributed by atoms with E-state index in [0.29, 0.717) is 12.1 Å². The molecule has 1 fully saturated rings. The Morgan fingerprint density at radius 1 is 1.04 bits per heavy atom. The summed E-state index contributed by atoms with van der Waals surface area (Å²) in [5, 5.41) is 2.99. The van der Waals surface area contributed by atoms with Crippen molar-refractivity contribution in [1.82, 2.24) is 10.2 Å². The lowest BCUT2D eigenvalue weighted by molar-refractivity contribution is 0.0953. The van der Waals surface area contributed by atoms with E-state index in [1.54, 1.807) is 0 Å². The molecule has 1 aliphatic heterocycles. The normalized spacial score (nSPS) is 15.0. The number of unbranched alkanes of at least 4 members (excludes halogenated alkanes) is 2. The summed E-state index contributed by atoms with van der Waals surface area (Å²) in [6.07, 6.45) is 7.59. The summed E-state index contributed by atoms with van der Waals surface area (Å²) >= 11 is 0. The molecule has 0 saturated carbocycles. The van der Waals surface area contributed by atoms with Gasteiger partial charge in [0.1, 0.15) is 0 Å². The molecule has 1 amide bonds. The molecule has 1 heterocycles. The van der Waals surface area contributed by atoms with Gasteiger partial charge in [0.2, 0.25) is 0 Å². The summed E-state index contributed by atoms with van der Waals surface area (Å²) in [5.41, 5.74) is 7.32. The third kappa shape index (κ3) is 7.34. The monoisotopic (exact) mass is 339 g/mol. The van der Waals surface area contributed by atoms with Crippen LogP contribution in [0.4, 0.5) is 0 Å². The highest BCUT2D eigenvalue weighted by molar-refractivity contribution is 5.94. The summed E-state index contributed by atoms with van der Waals surface area (Å²) in [6.45, 7) is 5.04. The number of amides is 1. The van der Waals surface area contributed by atoms with Crippen molar-refractivity contribution >= 4 is 18.3 Å². The predicted molar refractivity (Wildman–Crippen MR) is 98.1 cm³/mol. The maximum atomic E-state index is 12.0. The Morgan fingerprint density at radius 3 is 2.39 bits per heavy atom. The highest BCUT2D eigenvalue weighted by Gasteiger charge is 2.09. The Labute approximate surface area is 146 Å². The number of nitrogens with zero attached hydrogens (tertiary/aromatic N) is 1. The molecule has 0 spiro atoms. The molecule has 130 valence electrons.